The molecule has 0 aliphatic carbocycles. The van der Waals surface area contributed by atoms with Crippen LogP contribution in [0.3, 0.4) is 0 Å². The Kier molecular flexibility index (Phi) is 2.51. The van der Waals surface area contributed by atoms with Gasteiger partial charge in [-0.3, -0.25) is 0 Å². The van der Waals surface area contributed by atoms with Gasteiger partial charge in [-0.1, -0.05) is 6.07 Å². The van der Waals surface area contributed by atoms with E-state index in [0.717, 1.165) is 11.6 Å². The van der Waals surface area contributed by atoms with Crippen LogP contribution < -0.4 is 5.32 Å². The molecule has 0 aliphatic rings. The number of H-pyrrole nitrogens is 1. The number of hydrogen-bond acceptors (Lipinski definition) is 4. The van der Waals surface area contributed by atoms with E-state index in [1.165, 1.54) is 0 Å². The van der Waals surface area contributed by atoms with Crippen LogP contribution in [0.1, 0.15) is 0 Å². The van der Waals surface area contributed by atoms with Crippen LogP contribution >= 0.6 is 12.2 Å². The maximum atomic E-state index is 4.89. The zero-order valence-corrected chi connectivity index (χ0v) is 8.08. The minimum atomic E-state index is 0.450. The van der Waals surface area contributed by atoms with Crippen LogP contribution in [0.15, 0.2) is 36.7 Å². The molecule has 0 unspecified atom stereocenters. The van der Waals surface area contributed by atoms with E-state index in [2.05, 4.69) is 20.3 Å². The van der Waals surface area contributed by atoms with Gasteiger partial charge in [-0.15, -0.1) is 0 Å². The van der Waals surface area contributed by atoms with Gasteiger partial charge in [-0.05, 0) is 30.4 Å². The standard InChI is InChI=1S/C9H8N4S/c14-9-11-6-4-8(13-9)12-7-3-1-2-5-10-7/h1-6H,(H2,10,11,12,13,14). The lowest BCUT2D eigenvalue weighted by atomic mass is 10.4. The summed E-state index contributed by atoms with van der Waals surface area (Å²) < 4.78 is 0.450. The molecule has 0 saturated heterocycles. The van der Waals surface area contributed by atoms with Gasteiger partial charge in [0.1, 0.15) is 11.6 Å². The lowest BCUT2D eigenvalue weighted by Gasteiger charge is -2.03. The number of nitrogens with one attached hydrogen (secondary N) is 2. The molecule has 4 nitrogen and oxygen atoms in total. The second-order valence-corrected chi connectivity index (χ2v) is 3.02. The molecule has 2 aromatic rings. The van der Waals surface area contributed by atoms with Crippen LogP contribution in [0.5, 0.6) is 0 Å². The van der Waals surface area contributed by atoms with E-state index >= 15 is 0 Å². The van der Waals surface area contributed by atoms with Crippen LogP contribution in [0.2, 0.25) is 0 Å². The third kappa shape index (κ3) is 2.14. The van der Waals surface area contributed by atoms with Crippen molar-refractivity contribution < 1.29 is 0 Å². The Morgan fingerprint density at radius 2 is 2.07 bits per heavy atom. The minimum Gasteiger partial charge on any atom is -0.326 e. The molecule has 2 aromatic heterocycles. The Bertz CT molecular complexity index is 465. The normalized spacial score (nSPS) is 9.71. The molecule has 0 radical (unpaired) electrons. The number of aromatic amines is 1. The summed E-state index contributed by atoms with van der Waals surface area (Å²) in [6, 6.07) is 7.44. The van der Waals surface area contributed by atoms with Gasteiger partial charge >= 0.3 is 0 Å². The van der Waals surface area contributed by atoms with Crippen LogP contribution in [0.25, 0.3) is 0 Å². The molecule has 70 valence electrons. The van der Waals surface area contributed by atoms with Crippen molar-refractivity contribution in [1.82, 2.24) is 15.0 Å². The third-order valence-corrected chi connectivity index (χ3v) is 1.81. The van der Waals surface area contributed by atoms with Crippen LogP contribution in [-0.2, 0) is 0 Å². The molecule has 0 bridgehead atoms. The Morgan fingerprint density at radius 3 is 2.79 bits per heavy atom. The molecule has 2 N–H and O–H groups in total. The highest BCUT2D eigenvalue weighted by molar-refractivity contribution is 7.71. The molecule has 0 aliphatic heterocycles. The van der Waals surface area contributed by atoms with E-state index in [1.54, 1.807) is 18.5 Å². The van der Waals surface area contributed by atoms with Gasteiger partial charge in [0.25, 0.3) is 0 Å². The number of nitrogens with zero attached hydrogens (tertiary/aromatic N) is 2. The summed E-state index contributed by atoms with van der Waals surface area (Å²) in [7, 11) is 0. The molecule has 2 rings (SSSR count). The van der Waals surface area contributed by atoms with Gasteiger partial charge in [0.05, 0.1) is 0 Å². The number of hydrogen-bond donors (Lipinski definition) is 2. The summed E-state index contributed by atoms with van der Waals surface area (Å²) in [6.07, 6.45) is 3.36. The Hall–Kier alpha value is -1.75. The maximum absolute atomic E-state index is 4.89. The average molecular weight is 204 g/mol. The second kappa shape index (κ2) is 3.97. The molecule has 0 aromatic carbocycles. The molecular weight excluding hydrogens is 196 g/mol. The Morgan fingerprint density at radius 1 is 1.14 bits per heavy atom. The van der Waals surface area contributed by atoms with E-state index in [-0.39, 0.29) is 0 Å². The highest BCUT2D eigenvalue weighted by atomic mass is 32.1. The van der Waals surface area contributed by atoms with Crippen molar-refractivity contribution in [3.05, 3.63) is 41.4 Å². The number of rotatable bonds is 2. The second-order valence-electron chi connectivity index (χ2n) is 2.63. The van der Waals surface area contributed by atoms with Crippen molar-refractivity contribution in [2.24, 2.45) is 0 Å². The van der Waals surface area contributed by atoms with E-state index in [0.29, 0.717) is 4.77 Å². The molecular formula is C9H8N4S. The quantitative estimate of drug-likeness (QED) is 0.737. The van der Waals surface area contributed by atoms with Crippen molar-refractivity contribution >= 4 is 23.9 Å². The molecule has 2 heterocycles. The van der Waals surface area contributed by atoms with Crippen molar-refractivity contribution in [2.75, 3.05) is 5.32 Å². The smallest absolute Gasteiger partial charge is 0.198 e. The molecule has 0 atom stereocenters. The SMILES string of the molecule is S=c1nccc(Nc2ccccn2)[nH]1. The minimum absolute atomic E-state index is 0.450. The van der Waals surface area contributed by atoms with Crippen molar-refractivity contribution in [2.45, 2.75) is 0 Å². The fraction of sp³-hybridized carbons (Fsp3) is 0. The van der Waals surface area contributed by atoms with E-state index in [1.807, 2.05) is 18.2 Å². The van der Waals surface area contributed by atoms with Crippen LogP contribution in [-0.4, -0.2) is 15.0 Å². The molecule has 0 amide bonds. The first-order valence-corrected chi connectivity index (χ1v) is 4.49. The molecule has 5 heteroatoms. The summed E-state index contributed by atoms with van der Waals surface area (Å²) in [5, 5.41) is 3.07. The summed E-state index contributed by atoms with van der Waals surface area (Å²) in [5.74, 6) is 1.55. The van der Waals surface area contributed by atoms with Crippen molar-refractivity contribution in [1.29, 1.82) is 0 Å². The fourth-order valence-corrected chi connectivity index (χ4v) is 1.19. The topological polar surface area (TPSA) is 53.6 Å². The number of pyridine rings is 1. The molecule has 0 spiro atoms. The van der Waals surface area contributed by atoms with Crippen LogP contribution in [0, 0.1) is 4.77 Å². The van der Waals surface area contributed by atoms with Gasteiger partial charge in [0, 0.05) is 12.4 Å². The highest BCUT2D eigenvalue weighted by Gasteiger charge is 1.93. The Balaban J connectivity index is 2.24. The van der Waals surface area contributed by atoms with Crippen LogP contribution in [0.4, 0.5) is 11.6 Å². The Labute approximate surface area is 86.1 Å². The zero-order valence-electron chi connectivity index (χ0n) is 7.27. The van der Waals surface area contributed by atoms with E-state index < -0.39 is 0 Å². The van der Waals surface area contributed by atoms with E-state index in [9.17, 15) is 0 Å². The van der Waals surface area contributed by atoms with Gasteiger partial charge in [0.15, 0.2) is 4.77 Å². The highest BCUT2D eigenvalue weighted by Crippen LogP contribution is 2.08. The summed E-state index contributed by atoms with van der Waals surface area (Å²) >= 11 is 4.89. The lowest BCUT2D eigenvalue weighted by Crippen LogP contribution is -1.95. The van der Waals surface area contributed by atoms with Gasteiger partial charge < -0.3 is 10.3 Å². The first kappa shape index (κ1) is 8.83. The van der Waals surface area contributed by atoms with Gasteiger partial charge in [-0.25, -0.2) is 9.97 Å². The fourth-order valence-electron chi connectivity index (χ4n) is 1.02. The molecule has 0 saturated carbocycles. The van der Waals surface area contributed by atoms with Gasteiger partial charge in [-0.2, -0.15) is 0 Å². The van der Waals surface area contributed by atoms with Gasteiger partial charge in [0.2, 0.25) is 0 Å². The zero-order chi connectivity index (χ0) is 9.80. The maximum Gasteiger partial charge on any atom is 0.198 e. The summed E-state index contributed by atoms with van der Waals surface area (Å²) in [5.41, 5.74) is 0. The summed E-state index contributed by atoms with van der Waals surface area (Å²) in [4.78, 5) is 10.9. The molecule has 0 fully saturated rings. The third-order valence-electron chi connectivity index (χ3n) is 1.60. The number of aromatic nitrogens is 3. The summed E-state index contributed by atoms with van der Waals surface area (Å²) in [6.45, 7) is 0. The van der Waals surface area contributed by atoms with E-state index in [4.69, 9.17) is 12.2 Å². The largest absolute Gasteiger partial charge is 0.326 e. The predicted octanol–water partition coefficient (Wildman–Crippen LogP) is 2.28. The lowest BCUT2D eigenvalue weighted by molar-refractivity contribution is 1.13. The number of anilines is 2. The average Bonchev–Trinajstić information content (AvgIpc) is 2.19. The monoisotopic (exact) mass is 204 g/mol. The molecule has 14 heavy (non-hydrogen) atoms. The van der Waals surface area contributed by atoms with Crippen molar-refractivity contribution in [3.8, 4) is 0 Å². The first-order valence-electron chi connectivity index (χ1n) is 4.08. The first-order chi connectivity index (χ1) is 6.84. The van der Waals surface area contributed by atoms with Crippen molar-refractivity contribution in [3.63, 3.8) is 0 Å². The predicted molar refractivity (Wildman–Crippen MR) is 56.9 cm³/mol.